The van der Waals surface area contributed by atoms with Gasteiger partial charge < -0.3 is 19.6 Å². The van der Waals surface area contributed by atoms with Gasteiger partial charge in [-0.25, -0.2) is 4.98 Å². The van der Waals surface area contributed by atoms with Gasteiger partial charge >= 0.3 is 0 Å². The molecular formula is C45H41N5O4. The van der Waals surface area contributed by atoms with E-state index in [1.54, 1.807) is 42.6 Å². The summed E-state index contributed by atoms with van der Waals surface area (Å²) < 4.78 is 7.75. The molecule has 0 fully saturated rings. The van der Waals surface area contributed by atoms with E-state index < -0.39 is 5.91 Å². The highest BCUT2D eigenvalue weighted by atomic mass is 16.3. The van der Waals surface area contributed by atoms with Crippen LogP contribution >= 0.6 is 0 Å². The molecule has 2 amide bonds. The number of fused-ring (bicyclic) bond motifs is 1. The molecule has 0 spiro atoms. The third-order valence-corrected chi connectivity index (χ3v) is 9.59. The predicted molar refractivity (Wildman–Crippen MR) is 213 cm³/mol. The third-order valence-electron chi connectivity index (χ3n) is 9.59. The summed E-state index contributed by atoms with van der Waals surface area (Å²) in [5, 5.41) is 6.18. The van der Waals surface area contributed by atoms with E-state index >= 15 is 0 Å². The Kier molecular flexibility index (Phi) is 10.9. The molecule has 7 aromatic rings. The maximum Gasteiger partial charge on any atom is 0.291 e. The van der Waals surface area contributed by atoms with Gasteiger partial charge in [-0.2, -0.15) is 0 Å². The van der Waals surface area contributed by atoms with Crippen molar-refractivity contribution in [3.8, 4) is 5.69 Å². The first kappa shape index (κ1) is 35.8. The van der Waals surface area contributed by atoms with Crippen molar-refractivity contribution in [2.75, 3.05) is 23.7 Å². The third kappa shape index (κ3) is 8.71. The SMILES string of the molecule is Cc1cc(NC(=O)c2cc(=O)c3ccccc3o2)c(C(=O)Nc2ccc(CCN(CCc3ccccc3)Cc3cccc(-n4ccnc4)c3)cc2)cc1C. The standard InChI is InChI=1S/C45H41N5O4/c1-31-25-39(40(26-32(31)2)48-45(53)43-28-41(51)38-13-6-7-14-42(38)54-43)44(52)47-36-17-15-34(16-18-36)20-23-49(22-19-33-9-4-3-5-10-33)29-35-11-8-12-37(27-35)50-24-21-46-30-50/h3-18,21,24-28,30H,19-20,22-23,29H2,1-2H3,(H,47,52)(H,48,53). The van der Waals surface area contributed by atoms with Crippen molar-refractivity contribution in [2.24, 2.45) is 0 Å². The molecule has 0 bridgehead atoms. The smallest absolute Gasteiger partial charge is 0.291 e. The van der Waals surface area contributed by atoms with Gasteiger partial charge in [0.05, 0.1) is 23.0 Å². The normalized spacial score (nSPS) is 11.2. The second kappa shape index (κ2) is 16.4. The highest BCUT2D eigenvalue weighted by molar-refractivity contribution is 6.12. The first-order chi connectivity index (χ1) is 26.3. The van der Waals surface area contributed by atoms with Crippen molar-refractivity contribution in [3.63, 3.8) is 0 Å². The maximum absolute atomic E-state index is 13.7. The Morgan fingerprint density at radius 2 is 1.43 bits per heavy atom. The van der Waals surface area contributed by atoms with Crippen LogP contribution in [0.2, 0.25) is 0 Å². The highest BCUT2D eigenvalue weighted by Gasteiger charge is 2.19. The number of imidazole rings is 1. The molecule has 9 heteroatoms. The Bertz CT molecular complexity index is 2460. The number of carbonyl (C=O) groups is 2. The summed E-state index contributed by atoms with van der Waals surface area (Å²) in [6, 6.07) is 38.4. The fourth-order valence-electron chi connectivity index (χ4n) is 6.43. The molecule has 0 saturated carbocycles. The van der Waals surface area contributed by atoms with Crippen LogP contribution in [0.15, 0.2) is 149 Å². The van der Waals surface area contributed by atoms with Gasteiger partial charge in [-0.1, -0.05) is 66.7 Å². The largest absolute Gasteiger partial charge is 0.451 e. The van der Waals surface area contributed by atoms with Crippen molar-refractivity contribution in [1.82, 2.24) is 14.5 Å². The summed E-state index contributed by atoms with van der Waals surface area (Å²) in [7, 11) is 0. The molecule has 2 heterocycles. The minimum Gasteiger partial charge on any atom is -0.451 e. The molecule has 2 aromatic heterocycles. The molecule has 54 heavy (non-hydrogen) atoms. The molecule has 9 nitrogen and oxygen atoms in total. The molecule has 0 radical (unpaired) electrons. The van der Waals surface area contributed by atoms with Crippen molar-refractivity contribution in [3.05, 3.63) is 189 Å². The van der Waals surface area contributed by atoms with Crippen LogP contribution in [-0.2, 0) is 19.4 Å². The predicted octanol–water partition coefficient (Wildman–Crippen LogP) is 8.39. The number of aromatic nitrogens is 2. The molecule has 270 valence electrons. The number of carbonyl (C=O) groups excluding carboxylic acids is 2. The Morgan fingerprint density at radius 3 is 2.19 bits per heavy atom. The van der Waals surface area contributed by atoms with Gasteiger partial charge in [0.1, 0.15) is 5.58 Å². The van der Waals surface area contributed by atoms with Gasteiger partial charge in [-0.05, 0) is 103 Å². The molecule has 5 aromatic carbocycles. The average molecular weight is 716 g/mol. The van der Waals surface area contributed by atoms with Crippen LogP contribution in [-0.4, -0.2) is 39.4 Å². The second-order valence-electron chi connectivity index (χ2n) is 13.5. The first-order valence-corrected chi connectivity index (χ1v) is 18.0. The molecule has 0 aliphatic heterocycles. The van der Waals surface area contributed by atoms with E-state index in [0.717, 1.165) is 54.9 Å². The van der Waals surface area contributed by atoms with Gasteiger partial charge in [0.2, 0.25) is 0 Å². The van der Waals surface area contributed by atoms with Crippen LogP contribution in [0.25, 0.3) is 16.7 Å². The monoisotopic (exact) mass is 715 g/mol. The Balaban J connectivity index is 1.02. The van der Waals surface area contributed by atoms with E-state index in [-0.39, 0.29) is 17.1 Å². The molecule has 0 saturated heterocycles. The van der Waals surface area contributed by atoms with E-state index in [0.29, 0.717) is 27.9 Å². The number of benzene rings is 5. The fraction of sp³-hybridized carbons (Fsp3) is 0.156. The maximum atomic E-state index is 13.7. The van der Waals surface area contributed by atoms with Gasteiger partial charge in [-0.3, -0.25) is 19.3 Å². The van der Waals surface area contributed by atoms with Crippen LogP contribution < -0.4 is 16.1 Å². The number of rotatable bonds is 13. The summed E-state index contributed by atoms with van der Waals surface area (Å²) in [4.78, 5) is 46.2. The number of aryl methyl sites for hydroxylation is 2. The zero-order valence-corrected chi connectivity index (χ0v) is 30.3. The van der Waals surface area contributed by atoms with E-state index in [9.17, 15) is 14.4 Å². The molecule has 7 rings (SSSR count). The summed E-state index contributed by atoms with van der Waals surface area (Å²) in [6.45, 7) is 6.40. The summed E-state index contributed by atoms with van der Waals surface area (Å²) >= 11 is 0. The molecule has 0 aliphatic carbocycles. The number of hydrogen-bond acceptors (Lipinski definition) is 6. The number of para-hydroxylation sites is 1. The second-order valence-corrected chi connectivity index (χ2v) is 13.5. The van der Waals surface area contributed by atoms with E-state index in [2.05, 4.69) is 69.0 Å². The Morgan fingerprint density at radius 1 is 0.722 bits per heavy atom. The van der Waals surface area contributed by atoms with Crippen molar-refractivity contribution in [1.29, 1.82) is 0 Å². The number of nitrogens with zero attached hydrogens (tertiary/aromatic N) is 3. The summed E-state index contributed by atoms with van der Waals surface area (Å²) in [5.74, 6) is -1.13. The van der Waals surface area contributed by atoms with Gasteiger partial charge in [0.25, 0.3) is 11.8 Å². The first-order valence-electron chi connectivity index (χ1n) is 18.0. The van der Waals surface area contributed by atoms with Crippen LogP contribution in [0.3, 0.4) is 0 Å². The van der Waals surface area contributed by atoms with Crippen LogP contribution in [0.1, 0.15) is 48.7 Å². The molecular weight excluding hydrogens is 675 g/mol. The number of amides is 2. The van der Waals surface area contributed by atoms with Gasteiger partial charge in [-0.15, -0.1) is 0 Å². The molecule has 2 N–H and O–H groups in total. The van der Waals surface area contributed by atoms with Crippen LogP contribution in [0.4, 0.5) is 11.4 Å². The minimum atomic E-state index is -0.622. The Labute approximate surface area is 313 Å². The van der Waals surface area contributed by atoms with Crippen molar-refractivity contribution >= 4 is 34.2 Å². The lowest BCUT2D eigenvalue weighted by molar-refractivity contribution is 0.0997. The zero-order valence-electron chi connectivity index (χ0n) is 30.3. The molecule has 0 unspecified atom stereocenters. The topological polar surface area (TPSA) is 109 Å². The van der Waals surface area contributed by atoms with E-state index in [1.165, 1.54) is 17.2 Å². The quantitative estimate of drug-likeness (QED) is 0.124. The lowest BCUT2D eigenvalue weighted by Gasteiger charge is -2.23. The number of hydrogen-bond donors (Lipinski definition) is 2. The summed E-state index contributed by atoms with van der Waals surface area (Å²) in [6.07, 6.45) is 7.33. The van der Waals surface area contributed by atoms with Crippen LogP contribution in [0, 0.1) is 13.8 Å². The average Bonchev–Trinajstić information content (AvgIpc) is 3.74. The van der Waals surface area contributed by atoms with E-state index in [4.69, 9.17) is 4.42 Å². The molecule has 0 atom stereocenters. The van der Waals surface area contributed by atoms with Gasteiger partial charge in [0.15, 0.2) is 11.2 Å². The lowest BCUT2D eigenvalue weighted by atomic mass is 10.0. The summed E-state index contributed by atoms with van der Waals surface area (Å²) in [5.41, 5.74) is 7.82. The zero-order chi connectivity index (χ0) is 37.4. The van der Waals surface area contributed by atoms with E-state index in [1.807, 2.05) is 61.3 Å². The fourth-order valence-corrected chi connectivity index (χ4v) is 6.43. The number of anilines is 2. The molecule has 0 aliphatic rings. The lowest BCUT2D eigenvalue weighted by Crippen LogP contribution is -2.28. The van der Waals surface area contributed by atoms with Crippen LogP contribution in [0.5, 0.6) is 0 Å². The van der Waals surface area contributed by atoms with Crippen molar-refractivity contribution < 1.29 is 14.0 Å². The van der Waals surface area contributed by atoms with Crippen molar-refractivity contribution in [2.45, 2.75) is 33.2 Å². The Hall–Kier alpha value is -6.58. The highest BCUT2D eigenvalue weighted by Crippen LogP contribution is 2.24. The minimum absolute atomic E-state index is 0.138. The number of nitrogens with one attached hydrogen (secondary N) is 2. The van der Waals surface area contributed by atoms with Gasteiger partial charge in [0, 0.05) is 49.5 Å².